The van der Waals surface area contributed by atoms with Crippen LogP contribution in [0, 0.1) is 17.8 Å². The van der Waals surface area contributed by atoms with E-state index in [1.54, 1.807) is 37.6 Å². The summed E-state index contributed by atoms with van der Waals surface area (Å²) in [5, 5.41) is 37.3. The Morgan fingerprint density at radius 1 is 1.22 bits per heavy atom. The largest absolute Gasteiger partial charge is 0.510 e. The molecule has 10 heteroatoms. The van der Waals surface area contributed by atoms with Crippen molar-refractivity contribution in [3.8, 4) is 16.9 Å². The van der Waals surface area contributed by atoms with Crippen LogP contribution < -0.4 is 11.1 Å². The second kappa shape index (κ2) is 10.7. The second-order valence-corrected chi connectivity index (χ2v) is 11.3. The van der Waals surface area contributed by atoms with Crippen molar-refractivity contribution in [2.45, 2.75) is 39.3 Å². The van der Waals surface area contributed by atoms with Crippen molar-refractivity contribution in [3.05, 3.63) is 69.9 Å². The quantitative estimate of drug-likeness (QED) is 0.194. The fourth-order valence-electron chi connectivity index (χ4n) is 6.70. The average Bonchev–Trinajstić information content (AvgIpc) is 3.43. The highest BCUT2D eigenvalue weighted by atomic mass is 16.3. The van der Waals surface area contributed by atoms with Crippen LogP contribution in [0.2, 0.25) is 0 Å². The van der Waals surface area contributed by atoms with Crippen LogP contribution in [-0.4, -0.2) is 64.4 Å². The van der Waals surface area contributed by atoms with Crippen LogP contribution in [0.5, 0.6) is 5.75 Å². The summed E-state index contributed by atoms with van der Waals surface area (Å²) in [5.41, 5.74) is 8.91. The van der Waals surface area contributed by atoms with Gasteiger partial charge in [-0.2, -0.15) is 0 Å². The number of benzene rings is 1. The number of carbonyl (C=O) groups is 3. The molecule has 2 aromatic rings. The maximum atomic E-state index is 14.0. The lowest BCUT2D eigenvalue weighted by Gasteiger charge is -2.46. The lowest BCUT2D eigenvalue weighted by molar-refractivity contribution is -0.136. The fraction of sp³-hybridized carbons (Fsp3) is 0.387. The lowest BCUT2D eigenvalue weighted by Crippen LogP contribution is -2.55. The van der Waals surface area contributed by atoms with Crippen molar-refractivity contribution in [2.24, 2.45) is 23.5 Å². The van der Waals surface area contributed by atoms with Gasteiger partial charge in [-0.3, -0.25) is 19.3 Å². The summed E-state index contributed by atoms with van der Waals surface area (Å²) in [7, 11) is 3.39. The van der Waals surface area contributed by atoms with Gasteiger partial charge < -0.3 is 30.8 Å². The molecule has 1 fully saturated rings. The zero-order valence-electron chi connectivity index (χ0n) is 23.5. The van der Waals surface area contributed by atoms with E-state index in [0.717, 1.165) is 16.7 Å². The van der Waals surface area contributed by atoms with E-state index in [2.05, 4.69) is 5.32 Å². The van der Waals surface area contributed by atoms with Gasteiger partial charge in [-0.1, -0.05) is 11.6 Å². The number of phenols is 1. The number of furan rings is 1. The van der Waals surface area contributed by atoms with Crippen molar-refractivity contribution in [1.29, 1.82) is 0 Å². The number of allylic oxidation sites excluding steroid dienone is 2. The van der Waals surface area contributed by atoms with Crippen LogP contribution >= 0.6 is 0 Å². The average molecular weight is 562 g/mol. The van der Waals surface area contributed by atoms with Crippen LogP contribution in [0.4, 0.5) is 0 Å². The number of phenolic OH excluding ortho intramolecular Hbond substituents is 1. The Morgan fingerprint density at radius 3 is 2.56 bits per heavy atom. The molecule has 216 valence electrons. The number of aromatic hydroxyl groups is 1. The highest BCUT2D eigenvalue weighted by Crippen LogP contribution is 2.52. The molecule has 1 aromatic carbocycles. The minimum Gasteiger partial charge on any atom is -0.510 e. The molecule has 1 aromatic heterocycles. The zero-order chi connectivity index (χ0) is 29.7. The van der Waals surface area contributed by atoms with Gasteiger partial charge in [0.2, 0.25) is 0 Å². The Bertz CT molecular complexity index is 1530. The Hall–Kier alpha value is -4.15. The third kappa shape index (κ3) is 4.57. The molecule has 3 unspecified atom stereocenters. The molecule has 1 amide bonds. The molecule has 0 radical (unpaired) electrons. The molecule has 0 saturated heterocycles. The Morgan fingerprint density at radius 2 is 1.95 bits per heavy atom. The van der Waals surface area contributed by atoms with E-state index in [1.807, 2.05) is 26.0 Å². The Balaban J connectivity index is 1.65. The van der Waals surface area contributed by atoms with Crippen molar-refractivity contribution in [3.63, 3.8) is 0 Å². The Kier molecular flexibility index (Phi) is 7.39. The molecule has 0 spiro atoms. The number of nitrogens with two attached hydrogens (primary N) is 1. The molecule has 5 rings (SSSR count). The number of fused-ring (bicyclic) bond motifs is 3. The highest BCUT2D eigenvalue weighted by molar-refractivity contribution is 6.28. The van der Waals surface area contributed by atoms with Crippen LogP contribution in [0.3, 0.4) is 0 Å². The number of rotatable bonds is 7. The molecule has 10 nitrogen and oxygen atoms in total. The van der Waals surface area contributed by atoms with E-state index in [4.69, 9.17) is 10.2 Å². The number of nitrogens with zero attached hydrogens (tertiary/aromatic N) is 1. The molecule has 3 aliphatic rings. The number of nitrogens with one attached hydrogen (secondary N) is 1. The lowest BCUT2D eigenvalue weighted by atomic mass is 9.59. The number of likely N-dealkylation sites (N-methyl/N-ethyl adjacent to an activating group) is 1. The summed E-state index contributed by atoms with van der Waals surface area (Å²) in [6, 6.07) is 2.87. The SMILES string of the molecule is C/C=C(/C)CNCc1cc(-c2ccoc2)c2c(c1O)C(O)=C1C(=O)C3C(=O)C(C(N)=O)=C(O)[C@@H](N(C)C)C3CC1C2. The van der Waals surface area contributed by atoms with Crippen LogP contribution in [0.15, 0.2) is 57.6 Å². The number of Topliss-reactive ketones (excluding diaryl/α,β-unsaturated/α-hetero) is 2. The van der Waals surface area contributed by atoms with E-state index >= 15 is 0 Å². The van der Waals surface area contributed by atoms with Crippen LogP contribution in [0.1, 0.15) is 37.0 Å². The topological polar surface area (TPSA) is 166 Å². The van der Waals surface area contributed by atoms with Gasteiger partial charge in [0.15, 0.2) is 11.6 Å². The monoisotopic (exact) mass is 561 g/mol. The van der Waals surface area contributed by atoms with Gasteiger partial charge in [0.25, 0.3) is 5.91 Å². The van der Waals surface area contributed by atoms with Gasteiger partial charge in [-0.15, -0.1) is 0 Å². The van der Waals surface area contributed by atoms with E-state index < -0.39 is 52.6 Å². The summed E-state index contributed by atoms with van der Waals surface area (Å²) in [5.74, 6) is -5.93. The summed E-state index contributed by atoms with van der Waals surface area (Å²) < 4.78 is 5.34. The Labute approximate surface area is 237 Å². The first-order valence-electron chi connectivity index (χ1n) is 13.6. The number of hydrogen-bond acceptors (Lipinski definition) is 9. The molecule has 1 saturated carbocycles. The first-order chi connectivity index (χ1) is 19.5. The first-order valence-corrected chi connectivity index (χ1v) is 13.6. The van der Waals surface area contributed by atoms with Gasteiger partial charge in [0, 0.05) is 29.8 Å². The number of carbonyl (C=O) groups excluding carboxylic acids is 3. The maximum Gasteiger partial charge on any atom is 0.255 e. The third-order valence-corrected chi connectivity index (χ3v) is 8.69. The fourth-order valence-corrected chi connectivity index (χ4v) is 6.70. The highest BCUT2D eigenvalue weighted by Gasteiger charge is 2.55. The number of hydrogen-bond donors (Lipinski definition) is 5. The minimum atomic E-state index is -1.29. The number of ketones is 2. The number of amides is 1. The van der Waals surface area contributed by atoms with Gasteiger partial charge in [0.1, 0.15) is 22.8 Å². The summed E-state index contributed by atoms with van der Waals surface area (Å²) in [6.07, 6.45) is 5.71. The number of aliphatic hydroxyl groups is 2. The molecule has 1 heterocycles. The minimum absolute atomic E-state index is 0.0538. The molecular weight excluding hydrogens is 526 g/mol. The van der Waals surface area contributed by atoms with E-state index in [1.165, 1.54) is 0 Å². The van der Waals surface area contributed by atoms with Crippen molar-refractivity contribution in [2.75, 3.05) is 20.6 Å². The summed E-state index contributed by atoms with van der Waals surface area (Å²) >= 11 is 0. The van der Waals surface area contributed by atoms with E-state index in [0.29, 0.717) is 30.6 Å². The summed E-state index contributed by atoms with van der Waals surface area (Å²) in [6.45, 7) is 4.83. The van der Waals surface area contributed by atoms with Crippen molar-refractivity contribution in [1.82, 2.24) is 10.2 Å². The van der Waals surface area contributed by atoms with Gasteiger partial charge in [0.05, 0.1) is 30.0 Å². The smallest absolute Gasteiger partial charge is 0.255 e. The standard InChI is InChI=1S/C31H35N3O7/c1-5-14(2)11-33-12-17-10-18(15-6-7-41-13-15)19-8-16-9-20-23(28(37)21(16)27(36)22(19)26(17)35)29(38)24(31(32)40)30(39)25(20)34(3)4/h5-7,10,13,16,20,23,25,33,35-36,39H,8-9,11-12H2,1-4H3,(H2,32,40)/b14-5-/t16?,20?,23?,25-/m0/s1. The number of primary amides is 1. The molecule has 3 aliphatic carbocycles. The second-order valence-electron chi connectivity index (χ2n) is 11.3. The molecular formula is C31H35N3O7. The van der Waals surface area contributed by atoms with Crippen LogP contribution in [-0.2, 0) is 27.3 Å². The van der Waals surface area contributed by atoms with E-state index in [-0.39, 0.29) is 29.1 Å². The molecule has 41 heavy (non-hydrogen) atoms. The van der Waals surface area contributed by atoms with Gasteiger partial charge >= 0.3 is 0 Å². The van der Waals surface area contributed by atoms with E-state index in [9.17, 15) is 29.7 Å². The van der Waals surface area contributed by atoms with Crippen molar-refractivity contribution >= 4 is 23.2 Å². The predicted octanol–water partition coefficient (Wildman–Crippen LogP) is 3.16. The molecule has 0 aliphatic heterocycles. The van der Waals surface area contributed by atoms with Crippen molar-refractivity contribution < 1.29 is 34.1 Å². The number of aliphatic hydroxyl groups excluding tert-OH is 2. The van der Waals surface area contributed by atoms with Gasteiger partial charge in [-0.05, 0) is 75.9 Å². The van der Waals surface area contributed by atoms with Crippen LogP contribution in [0.25, 0.3) is 16.9 Å². The first kappa shape index (κ1) is 28.4. The maximum absolute atomic E-state index is 14.0. The molecule has 4 atom stereocenters. The molecule has 6 N–H and O–H groups in total. The third-order valence-electron chi connectivity index (χ3n) is 8.69. The zero-order valence-corrected chi connectivity index (χ0v) is 23.5. The predicted molar refractivity (Wildman–Crippen MR) is 152 cm³/mol. The van der Waals surface area contributed by atoms with Gasteiger partial charge in [-0.25, -0.2) is 0 Å². The normalized spacial score (nSPS) is 24.5. The molecule has 0 bridgehead atoms. The summed E-state index contributed by atoms with van der Waals surface area (Å²) in [4.78, 5) is 41.3.